The summed E-state index contributed by atoms with van der Waals surface area (Å²) >= 11 is 0. The number of fused-ring (bicyclic) bond motifs is 1. The highest BCUT2D eigenvalue weighted by Crippen LogP contribution is 2.32. The van der Waals surface area contributed by atoms with Gasteiger partial charge in [-0.1, -0.05) is 6.42 Å². The average Bonchev–Trinajstić information content (AvgIpc) is 2.63. The second-order valence-electron chi connectivity index (χ2n) is 6.27. The van der Waals surface area contributed by atoms with Crippen LogP contribution in [0.5, 0.6) is 0 Å². The number of rotatable bonds is 1. The molecule has 0 aromatic heterocycles. The molecular formula is C13H24N2O2. The van der Waals surface area contributed by atoms with Crippen LogP contribution in [0.1, 0.15) is 40.0 Å². The second-order valence-corrected chi connectivity index (χ2v) is 6.27. The summed E-state index contributed by atoms with van der Waals surface area (Å²) < 4.78 is 5.32. The van der Waals surface area contributed by atoms with Crippen molar-refractivity contribution in [3.63, 3.8) is 0 Å². The third-order valence-corrected chi connectivity index (χ3v) is 3.70. The lowest BCUT2D eigenvalue weighted by Crippen LogP contribution is -2.47. The first-order valence-electron chi connectivity index (χ1n) is 6.66. The molecule has 0 aromatic carbocycles. The fourth-order valence-corrected chi connectivity index (χ4v) is 2.99. The van der Waals surface area contributed by atoms with Gasteiger partial charge in [-0.2, -0.15) is 0 Å². The summed E-state index contributed by atoms with van der Waals surface area (Å²) in [4.78, 5) is 11.8. The topological polar surface area (TPSA) is 50.4 Å². The van der Waals surface area contributed by atoms with Crippen molar-refractivity contribution in [1.29, 1.82) is 0 Å². The maximum atomic E-state index is 11.8. The van der Waals surface area contributed by atoms with Gasteiger partial charge in [-0.05, 0) is 52.0 Å². The zero-order chi connectivity index (χ0) is 12.5. The quantitative estimate of drug-likeness (QED) is 0.736. The molecule has 1 amide bonds. The Labute approximate surface area is 103 Å². The largest absolute Gasteiger partial charge is 0.444 e. The van der Waals surface area contributed by atoms with Crippen LogP contribution in [0.3, 0.4) is 0 Å². The van der Waals surface area contributed by atoms with Gasteiger partial charge >= 0.3 is 6.09 Å². The van der Waals surface area contributed by atoms with E-state index in [9.17, 15) is 4.79 Å². The van der Waals surface area contributed by atoms with E-state index in [1.165, 1.54) is 12.8 Å². The van der Waals surface area contributed by atoms with Crippen molar-refractivity contribution >= 4 is 6.09 Å². The van der Waals surface area contributed by atoms with Gasteiger partial charge in [0.2, 0.25) is 0 Å². The van der Waals surface area contributed by atoms with Gasteiger partial charge in [-0.15, -0.1) is 0 Å². The molecule has 1 aliphatic heterocycles. The van der Waals surface area contributed by atoms with Crippen molar-refractivity contribution in [3.8, 4) is 0 Å². The number of hydrogen-bond donors (Lipinski definition) is 2. The van der Waals surface area contributed by atoms with E-state index in [1.54, 1.807) is 0 Å². The van der Waals surface area contributed by atoms with Gasteiger partial charge in [-0.25, -0.2) is 4.79 Å². The Balaban J connectivity index is 1.87. The molecule has 4 nitrogen and oxygen atoms in total. The molecule has 0 spiro atoms. The predicted molar refractivity (Wildman–Crippen MR) is 66.9 cm³/mol. The van der Waals surface area contributed by atoms with Crippen molar-refractivity contribution in [2.24, 2.45) is 11.8 Å². The second kappa shape index (κ2) is 4.84. The Hall–Kier alpha value is -0.770. The van der Waals surface area contributed by atoms with E-state index in [2.05, 4.69) is 10.6 Å². The van der Waals surface area contributed by atoms with Gasteiger partial charge < -0.3 is 15.4 Å². The first kappa shape index (κ1) is 12.7. The van der Waals surface area contributed by atoms with E-state index in [4.69, 9.17) is 4.74 Å². The summed E-state index contributed by atoms with van der Waals surface area (Å²) in [6.07, 6.45) is 3.32. The van der Waals surface area contributed by atoms with E-state index in [-0.39, 0.29) is 6.09 Å². The molecule has 1 saturated heterocycles. The molecule has 4 heteroatoms. The SMILES string of the molecule is CC(C)(C)OC(=O)NC1CCC[C@@H]2CNC[C@H]12. The summed E-state index contributed by atoms with van der Waals surface area (Å²) in [5.41, 5.74) is -0.411. The van der Waals surface area contributed by atoms with Gasteiger partial charge in [0.05, 0.1) is 0 Å². The van der Waals surface area contributed by atoms with Crippen LogP contribution in [0.2, 0.25) is 0 Å². The Bertz CT molecular complexity index is 286. The number of ether oxygens (including phenoxy) is 1. The molecule has 1 aliphatic carbocycles. The van der Waals surface area contributed by atoms with Crippen LogP contribution in [0.4, 0.5) is 4.79 Å². The highest BCUT2D eigenvalue weighted by Gasteiger charge is 2.37. The number of nitrogens with one attached hydrogen (secondary N) is 2. The van der Waals surface area contributed by atoms with E-state index >= 15 is 0 Å². The fourth-order valence-electron chi connectivity index (χ4n) is 2.99. The van der Waals surface area contributed by atoms with Gasteiger partial charge in [0, 0.05) is 12.6 Å². The maximum Gasteiger partial charge on any atom is 0.407 e. The van der Waals surface area contributed by atoms with Crippen molar-refractivity contribution in [3.05, 3.63) is 0 Å². The van der Waals surface area contributed by atoms with E-state index in [1.807, 2.05) is 20.8 Å². The predicted octanol–water partition coefficient (Wildman–Crippen LogP) is 1.90. The third-order valence-electron chi connectivity index (χ3n) is 3.70. The van der Waals surface area contributed by atoms with E-state index < -0.39 is 5.60 Å². The van der Waals surface area contributed by atoms with Crippen LogP contribution >= 0.6 is 0 Å². The summed E-state index contributed by atoms with van der Waals surface area (Å²) in [7, 11) is 0. The van der Waals surface area contributed by atoms with Crippen LogP contribution in [0, 0.1) is 11.8 Å². The molecular weight excluding hydrogens is 216 g/mol. The lowest BCUT2D eigenvalue weighted by molar-refractivity contribution is 0.0461. The van der Waals surface area contributed by atoms with Crippen LogP contribution in [0.15, 0.2) is 0 Å². The lowest BCUT2D eigenvalue weighted by Gasteiger charge is -2.34. The van der Waals surface area contributed by atoms with Crippen LogP contribution in [-0.4, -0.2) is 30.8 Å². The highest BCUT2D eigenvalue weighted by molar-refractivity contribution is 5.68. The Morgan fingerprint density at radius 2 is 2.06 bits per heavy atom. The molecule has 1 unspecified atom stereocenters. The number of hydrogen-bond acceptors (Lipinski definition) is 3. The van der Waals surface area contributed by atoms with E-state index in [0.717, 1.165) is 25.4 Å². The smallest absolute Gasteiger partial charge is 0.407 e. The summed E-state index contributed by atoms with van der Waals surface area (Å²) in [6, 6.07) is 0.290. The third kappa shape index (κ3) is 3.35. The molecule has 2 N–H and O–H groups in total. The summed E-state index contributed by atoms with van der Waals surface area (Å²) in [6.45, 7) is 7.83. The molecule has 1 heterocycles. The first-order valence-corrected chi connectivity index (χ1v) is 6.66. The van der Waals surface area contributed by atoms with Crippen LogP contribution in [0.25, 0.3) is 0 Å². The minimum absolute atomic E-state index is 0.268. The van der Waals surface area contributed by atoms with Crippen molar-refractivity contribution < 1.29 is 9.53 Å². The molecule has 2 fully saturated rings. The van der Waals surface area contributed by atoms with Crippen LogP contribution < -0.4 is 10.6 Å². The van der Waals surface area contributed by atoms with Crippen molar-refractivity contribution in [2.45, 2.75) is 51.7 Å². The molecule has 1 saturated carbocycles. The number of amides is 1. The zero-order valence-corrected chi connectivity index (χ0v) is 11.1. The summed E-state index contributed by atoms with van der Waals surface area (Å²) in [5.74, 6) is 1.33. The van der Waals surface area contributed by atoms with E-state index in [0.29, 0.717) is 12.0 Å². The first-order chi connectivity index (χ1) is 7.96. The zero-order valence-electron chi connectivity index (χ0n) is 11.1. The number of carbonyl (C=O) groups excluding carboxylic acids is 1. The number of alkyl carbamates (subject to hydrolysis) is 1. The molecule has 2 rings (SSSR count). The van der Waals surface area contributed by atoms with Crippen molar-refractivity contribution in [1.82, 2.24) is 10.6 Å². The highest BCUT2D eigenvalue weighted by atomic mass is 16.6. The molecule has 17 heavy (non-hydrogen) atoms. The Morgan fingerprint density at radius 1 is 1.29 bits per heavy atom. The molecule has 0 radical (unpaired) electrons. The monoisotopic (exact) mass is 240 g/mol. The van der Waals surface area contributed by atoms with Crippen LogP contribution in [-0.2, 0) is 4.74 Å². The van der Waals surface area contributed by atoms with Gasteiger partial charge in [0.1, 0.15) is 5.60 Å². The normalized spacial score (nSPS) is 33.0. The van der Waals surface area contributed by atoms with Crippen molar-refractivity contribution in [2.75, 3.05) is 13.1 Å². The molecule has 3 atom stereocenters. The lowest BCUT2D eigenvalue weighted by atomic mass is 9.78. The number of carbonyl (C=O) groups is 1. The average molecular weight is 240 g/mol. The van der Waals surface area contributed by atoms with Gasteiger partial charge in [0.25, 0.3) is 0 Å². The Kier molecular flexibility index (Phi) is 3.61. The Morgan fingerprint density at radius 3 is 2.76 bits per heavy atom. The summed E-state index contributed by atoms with van der Waals surface area (Å²) in [5, 5.41) is 6.47. The minimum Gasteiger partial charge on any atom is -0.444 e. The van der Waals surface area contributed by atoms with Gasteiger partial charge in [-0.3, -0.25) is 0 Å². The van der Waals surface area contributed by atoms with Gasteiger partial charge in [0.15, 0.2) is 0 Å². The molecule has 2 aliphatic rings. The minimum atomic E-state index is -0.411. The molecule has 0 bridgehead atoms. The molecule has 98 valence electrons. The standard InChI is InChI=1S/C13H24N2O2/c1-13(2,3)17-12(16)15-11-6-4-5-9-7-14-8-10(9)11/h9-11,14H,4-8H2,1-3H3,(H,15,16)/t9-,10+,11?/m1/s1. The maximum absolute atomic E-state index is 11.8. The molecule has 0 aromatic rings. The fraction of sp³-hybridized carbons (Fsp3) is 0.923.